The Hall–Kier alpha value is -1.65. The second kappa shape index (κ2) is 7.71. The van der Waals surface area contributed by atoms with E-state index in [-0.39, 0.29) is 5.78 Å². The molecule has 1 heterocycles. The molecule has 0 aliphatic carbocycles. The third-order valence-electron chi connectivity index (χ3n) is 5.00. The molecule has 3 nitrogen and oxygen atoms in total. The van der Waals surface area contributed by atoms with Crippen molar-refractivity contribution >= 4 is 27.4 Å². The van der Waals surface area contributed by atoms with E-state index in [1.807, 2.05) is 55.5 Å². The van der Waals surface area contributed by atoms with Crippen LogP contribution < -0.4 is 4.90 Å². The fourth-order valence-corrected chi connectivity index (χ4v) is 4.13. The standard InChI is InChI=1S/C21H24BrNO2/c1-2-5-20(24)16-8-10-17(11-9-16)23-14-12-21(25,13-15-23)18-6-3-4-7-19(18)22/h3-4,6-11,25H,2,5,12-15H2,1H3. The topological polar surface area (TPSA) is 40.5 Å². The van der Waals surface area contributed by atoms with Crippen LogP contribution in [0.25, 0.3) is 0 Å². The van der Waals surface area contributed by atoms with E-state index in [4.69, 9.17) is 0 Å². The maximum atomic E-state index is 12.0. The van der Waals surface area contributed by atoms with Crippen molar-refractivity contribution in [3.8, 4) is 0 Å². The zero-order chi connectivity index (χ0) is 17.9. The van der Waals surface area contributed by atoms with Crippen LogP contribution in [-0.2, 0) is 5.60 Å². The summed E-state index contributed by atoms with van der Waals surface area (Å²) >= 11 is 3.56. The van der Waals surface area contributed by atoms with Crippen molar-refractivity contribution in [1.29, 1.82) is 0 Å². The third kappa shape index (κ3) is 3.96. The van der Waals surface area contributed by atoms with Gasteiger partial charge in [-0.2, -0.15) is 0 Å². The lowest BCUT2D eigenvalue weighted by molar-refractivity contribution is 0.0111. The Morgan fingerprint density at radius 3 is 2.36 bits per heavy atom. The number of benzene rings is 2. The Morgan fingerprint density at radius 2 is 1.76 bits per heavy atom. The van der Waals surface area contributed by atoms with Crippen molar-refractivity contribution in [2.45, 2.75) is 38.2 Å². The molecule has 1 aliphatic rings. The van der Waals surface area contributed by atoms with Gasteiger partial charge in [0.25, 0.3) is 0 Å². The molecule has 0 radical (unpaired) electrons. The summed E-state index contributed by atoms with van der Waals surface area (Å²) in [6.45, 7) is 3.60. The van der Waals surface area contributed by atoms with Gasteiger partial charge in [-0.05, 0) is 55.2 Å². The average Bonchev–Trinajstić information content (AvgIpc) is 2.63. The van der Waals surface area contributed by atoms with Crippen molar-refractivity contribution in [1.82, 2.24) is 0 Å². The molecule has 0 saturated carbocycles. The first-order valence-corrected chi connectivity index (χ1v) is 9.68. The number of carbonyl (C=O) groups is 1. The van der Waals surface area contributed by atoms with Gasteiger partial charge in [0.05, 0.1) is 5.60 Å². The van der Waals surface area contributed by atoms with E-state index in [2.05, 4.69) is 20.8 Å². The summed E-state index contributed by atoms with van der Waals surface area (Å²) in [5.41, 5.74) is 2.08. The van der Waals surface area contributed by atoms with Gasteiger partial charge in [-0.15, -0.1) is 0 Å². The monoisotopic (exact) mass is 401 g/mol. The lowest BCUT2D eigenvalue weighted by atomic mass is 9.84. The number of halogens is 1. The van der Waals surface area contributed by atoms with Gasteiger partial charge in [0.1, 0.15) is 0 Å². The maximum Gasteiger partial charge on any atom is 0.162 e. The van der Waals surface area contributed by atoms with Crippen LogP contribution in [0, 0.1) is 0 Å². The van der Waals surface area contributed by atoms with Crippen LogP contribution in [0.2, 0.25) is 0 Å². The highest BCUT2D eigenvalue weighted by molar-refractivity contribution is 9.10. The predicted octanol–water partition coefficient (Wildman–Crippen LogP) is 4.92. The zero-order valence-corrected chi connectivity index (χ0v) is 16.1. The molecule has 1 fully saturated rings. The zero-order valence-electron chi connectivity index (χ0n) is 14.5. The molecule has 0 atom stereocenters. The first-order chi connectivity index (χ1) is 12.0. The minimum Gasteiger partial charge on any atom is -0.385 e. The second-order valence-electron chi connectivity index (χ2n) is 6.72. The van der Waals surface area contributed by atoms with Crippen LogP contribution in [0.4, 0.5) is 5.69 Å². The van der Waals surface area contributed by atoms with E-state index in [0.29, 0.717) is 19.3 Å². The maximum absolute atomic E-state index is 12.0. The van der Waals surface area contributed by atoms with Gasteiger partial charge in [0.2, 0.25) is 0 Å². The number of anilines is 1. The van der Waals surface area contributed by atoms with E-state index in [1.54, 1.807) is 0 Å². The third-order valence-corrected chi connectivity index (χ3v) is 5.69. The average molecular weight is 402 g/mol. The normalized spacial score (nSPS) is 16.7. The summed E-state index contributed by atoms with van der Waals surface area (Å²) in [6.07, 6.45) is 2.85. The number of aliphatic hydroxyl groups is 1. The summed E-state index contributed by atoms with van der Waals surface area (Å²) in [6, 6.07) is 15.8. The van der Waals surface area contributed by atoms with E-state index in [0.717, 1.165) is 40.8 Å². The van der Waals surface area contributed by atoms with Crippen LogP contribution in [0.5, 0.6) is 0 Å². The number of carbonyl (C=O) groups excluding carboxylic acids is 1. The fourth-order valence-electron chi connectivity index (χ4n) is 3.47. The number of rotatable bonds is 5. The summed E-state index contributed by atoms with van der Waals surface area (Å²) in [5.74, 6) is 0.205. The molecule has 2 aromatic carbocycles. The molecule has 1 aliphatic heterocycles. The molecule has 1 N–H and O–H groups in total. The van der Waals surface area contributed by atoms with Crippen LogP contribution >= 0.6 is 15.9 Å². The Morgan fingerprint density at radius 1 is 1.12 bits per heavy atom. The van der Waals surface area contributed by atoms with Crippen LogP contribution in [0.3, 0.4) is 0 Å². The summed E-state index contributed by atoms with van der Waals surface area (Å²) in [5, 5.41) is 11.1. The lowest BCUT2D eigenvalue weighted by Crippen LogP contribution is -2.42. The summed E-state index contributed by atoms with van der Waals surface area (Å²) in [7, 11) is 0. The predicted molar refractivity (Wildman–Crippen MR) is 105 cm³/mol. The molecule has 0 unspecified atom stereocenters. The van der Waals surface area contributed by atoms with Crippen LogP contribution in [-0.4, -0.2) is 24.0 Å². The van der Waals surface area contributed by atoms with Gasteiger partial charge >= 0.3 is 0 Å². The molecular weight excluding hydrogens is 378 g/mol. The first-order valence-electron chi connectivity index (χ1n) is 8.89. The van der Waals surface area contributed by atoms with Crippen molar-refractivity contribution in [2.24, 2.45) is 0 Å². The van der Waals surface area contributed by atoms with Gasteiger partial charge in [0, 0.05) is 35.2 Å². The van der Waals surface area contributed by atoms with E-state index < -0.39 is 5.60 Å². The van der Waals surface area contributed by atoms with Crippen LogP contribution in [0.1, 0.15) is 48.5 Å². The summed E-state index contributed by atoms with van der Waals surface area (Å²) in [4.78, 5) is 14.2. The second-order valence-corrected chi connectivity index (χ2v) is 7.57. The smallest absolute Gasteiger partial charge is 0.162 e. The van der Waals surface area contributed by atoms with Crippen molar-refractivity contribution < 1.29 is 9.90 Å². The Bertz CT molecular complexity index is 734. The first kappa shape index (κ1) is 18.2. The van der Waals surface area contributed by atoms with E-state index in [9.17, 15) is 9.90 Å². The minimum atomic E-state index is -0.784. The number of Topliss-reactive ketones (excluding diaryl/α,β-unsaturated/α-hetero) is 1. The molecular formula is C21H24BrNO2. The van der Waals surface area contributed by atoms with Crippen LogP contribution in [0.15, 0.2) is 53.0 Å². The van der Waals surface area contributed by atoms with Gasteiger partial charge in [-0.1, -0.05) is 41.1 Å². The molecule has 0 amide bonds. The highest BCUT2D eigenvalue weighted by Gasteiger charge is 2.35. The minimum absolute atomic E-state index is 0.205. The van der Waals surface area contributed by atoms with Crippen molar-refractivity contribution in [3.05, 3.63) is 64.1 Å². The highest BCUT2D eigenvalue weighted by Crippen LogP contribution is 2.37. The fraction of sp³-hybridized carbons (Fsp3) is 0.381. The van der Waals surface area contributed by atoms with Crippen molar-refractivity contribution in [2.75, 3.05) is 18.0 Å². The molecule has 132 valence electrons. The molecule has 0 aromatic heterocycles. The molecule has 0 bridgehead atoms. The number of hydrogen-bond acceptors (Lipinski definition) is 3. The van der Waals surface area contributed by atoms with Gasteiger partial charge in [-0.25, -0.2) is 0 Å². The quantitative estimate of drug-likeness (QED) is 0.722. The van der Waals surface area contributed by atoms with Gasteiger partial charge in [-0.3, -0.25) is 4.79 Å². The number of ketones is 1. The lowest BCUT2D eigenvalue weighted by Gasteiger charge is -2.40. The van der Waals surface area contributed by atoms with Gasteiger partial charge < -0.3 is 10.0 Å². The molecule has 25 heavy (non-hydrogen) atoms. The molecule has 3 rings (SSSR count). The Labute approximate surface area is 157 Å². The number of nitrogens with zero attached hydrogens (tertiary/aromatic N) is 1. The van der Waals surface area contributed by atoms with Crippen molar-refractivity contribution in [3.63, 3.8) is 0 Å². The highest BCUT2D eigenvalue weighted by atomic mass is 79.9. The molecule has 2 aromatic rings. The molecule has 1 saturated heterocycles. The summed E-state index contributed by atoms with van der Waals surface area (Å²) < 4.78 is 0.963. The van der Waals surface area contributed by atoms with E-state index >= 15 is 0 Å². The van der Waals surface area contributed by atoms with E-state index in [1.165, 1.54) is 0 Å². The number of hydrogen-bond donors (Lipinski definition) is 1. The number of piperidine rings is 1. The van der Waals surface area contributed by atoms with Gasteiger partial charge in [0.15, 0.2) is 5.78 Å². The molecule has 4 heteroatoms. The molecule has 0 spiro atoms. The Kier molecular flexibility index (Phi) is 5.60. The SMILES string of the molecule is CCCC(=O)c1ccc(N2CCC(O)(c3ccccc3Br)CC2)cc1. The largest absolute Gasteiger partial charge is 0.385 e. The Balaban J connectivity index is 1.68.